The van der Waals surface area contributed by atoms with Crippen molar-refractivity contribution in [1.29, 1.82) is 0 Å². The Labute approximate surface area is 163 Å². The van der Waals surface area contributed by atoms with Gasteiger partial charge in [-0.15, -0.1) is 0 Å². The molecule has 6 heteroatoms. The van der Waals surface area contributed by atoms with Gasteiger partial charge in [0.2, 0.25) is 0 Å². The number of ether oxygens (including phenoxy) is 1. The summed E-state index contributed by atoms with van der Waals surface area (Å²) in [7, 11) is 3.28. The lowest BCUT2D eigenvalue weighted by Crippen LogP contribution is -2.46. The van der Waals surface area contributed by atoms with Crippen molar-refractivity contribution in [2.45, 2.75) is 39.8 Å². The fraction of sp³-hybridized carbons (Fsp3) is 0.619. The molecule has 1 aliphatic heterocycles. The molecule has 1 saturated heterocycles. The molecule has 1 fully saturated rings. The molecule has 0 unspecified atom stereocenters. The van der Waals surface area contributed by atoms with Crippen molar-refractivity contribution in [1.82, 2.24) is 15.1 Å². The predicted molar refractivity (Wildman–Crippen MR) is 110 cm³/mol. The molecule has 0 bridgehead atoms. The van der Waals surface area contributed by atoms with E-state index in [4.69, 9.17) is 4.74 Å². The first kappa shape index (κ1) is 21.2. The van der Waals surface area contributed by atoms with Crippen LogP contribution in [0.2, 0.25) is 0 Å². The number of hydrogen-bond donors (Lipinski definition) is 1. The molecule has 0 saturated carbocycles. The molecule has 1 N–H and O–H groups in total. The number of hydrogen-bond acceptors (Lipinski definition) is 4. The van der Waals surface area contributed by atoms with Gasteiger partial charge in [-0.2, -0.15) is 0 Å². The largest absolute Gasteiger partial charge is 0.469 e. The zero-order valence-electron chi connectivity index (χ0n) is 17.2. The number of benzene rings is 1. The van der Waals surface area contributed by atoms with E-state index in [9.17, 15) is 4.79 Å². The lowest BCUT2D eigenvalue weighted by atomic mass is 9.97. The van der Waals surface area contributed by atoms with Gasteiger partial charge in [0.25, 0.3) is 0 Å². The maximum atomic E-state index is 11.7. The van der Waals surface area contributed by atoms with Crippen LogP contribution in [-0.2, 0) is 22.6 Å². The first-order valence-corrected chi connectivity index (χ1v) is 9.95. The average Bonchev–Trinajstić information content (AvgIpc) is 2.73. The average molecular weight is 375 g/mol. The van der Waals surface area contributed by atoms with E-state index in [1.807, 2.05) is 7.05 Å². The summed E-state index contributed by atoms with van der Waals surface area (Å²) in [4.78, 5) is 20.8. The molecule has 0 aromatic heterocycles. The highest BCUT2D eigenvalue weighted by Gasteiger charge is 2.26. The van der Waals surface area contributed by atoms with E-state index >= 15 is 0 Å². The number of esters is 1. The molecule has 1 aromatic rings. The third kappa shape index (κ3) is 5.96. The smallest absolute Gasteiger partial charge is 0.308 e. The number of carbonyl (C=O) groups is 1. The molecule has 0 atom stereocenters. The SMILES string of the molecule is CCN(CC)Cc1ccccc1CNC(=NC)N1CCC(C(=O)OC)CC1. The van der Waals surface area contributed by atoms with Crippen LogP contribution in [0.25, 0.3) is 0 Å². The minimum absolute atomic E-state index is 0.0131. The van der Waals surface area contributed by atoms with Crippen LogP contribution in [0.3, 0.4) is 0 Å². The molecule has 27 heavy (non-hydrogen) atoms. The maximum Gasteiger partial charge on any atom is 0.308 e. The molecular formula is C21H34N4O2. The monoisotopic (exact) mass is 374 g/mol. The number of piperidine rings is 1. The van der Waals surface area contributed by atoms with Crippen LogP contribution >= 0.6 is 0 Å². The second-order valence-electron chi connectivity index (χ2n) is 6.92. The summed E-state index contributed by atoms with van der Waals surface area (Å²) in [5, 5.41) is 3.50. The van der Waals surface area contributed by atoms with E-state index in [1.165, 1.54) is 18.2 Å². The number of aliphatic imine (C=N–C) groups is 1. The Balaban J connectivity index is 1.94. The summed E-state index contributed by atoms with van der Waals surface area (Å²) in [6.07, 6.45) is 1.62. The number of guanidine groups is 1. The molecule has 1 heterocycles. The normalized spacial score (nSPS) is 15.9. The molecule has 0 aliphatic carbocycles. The fourth-order valence-electron chi connectivity index (χ4n) is 3.57. The lowest BCUT2D eigenvalue weighted by molar-refractivity contribution is -0.146. The lowest BCUT2D eigenvalue weighted by Gasteiger charge is -2.33. The minimum Gasteiger partial charge on any atom is -0.469 e. The number of nitrogens with one attached hydrogen (secondary N) is 1. The van der Waals surface area contributed by atoms with Gasteiger partial charge in [0.1, 0.15) is 0 Å². The van der Waals surface area contributed by atoms with Gasteiger partial charge < -0.3 is 15.0 Å². The van der Waals surface area contributed by atoms with Crippen molar-refractivity contribution < 1.29 is 9.53 Å². The van der Waals surface area contributed by atoms with Crippen LogP contribution in [0, 0.1) is 5.92 Å². The third-order valence-electron chi connectivity index (χ3n) is 5.38. The van der Waals surface area contributed by atoms with Crippen molar-refractivity contribution in [3.63, 3.8) is 0 Å². The Bertz CT molecular complexity index is 620. The highest BCUT2D eigenvalue weighted by atomic mass is 16.5. The van der Waals surface area contributed by atoms with Gasteiger partial charge in [-0.3, -0.25) is 14.7 Å². The van der Waals surface area contributed by atoms with Gasteiger partial charge in [0, 0.05) is 33.2 Å². The molecule has 150 valence electrons. The Morgan fingerprint density at radius 3 is 2.41 bits per heavy atom. The van der Waals surface area contributed by atoms with E-state index in [2.05, 4.69) is 58.2 Å². The Morgan fingerprint density at radius 2 is 1.85 bits per heavy atom. The van der Waals surface area contributed by atoms with Gasteiger partial charge in [-0.05, 0) is 37.1 Å². The molecule has 2 rings (SSSR count). The molecular weight excluding hydrogens is 340 g/mol. The summed E-state index contributed by atoms with van der Waals surface area (Å²) in [6, 6.07) is 8.59. The molecule has 1 aliphatic rings. The van der Waals surface area contributed by atoms with E-state index in [1.54, 1.807) is 0 Å². The maximum absolute atomic E-state index is 11.7. The zero-order valence-corrected chi connectivity index (χ0v) is 17.2. The van der Waals surface area contributed by atoms with E-state index < -0.39 is 0 Å². The van der Waals surface area contributed by atoms with Gasteiger partial charge in [0.15, 0.2) is 5.96 Å². The molecule has 6 nitrogen and oxygen atoms in total. The molecule has 0 radical (unpaired) electrons. The predicted octanol–water partition coefficient (Wildman–Crippen LogP) is 2.49. The van der Waals surface area contributed by atoms with Gasteiger partial charge in [-0.25, -0.2) is 0 Å². The quantitative estimate of drug-likeness (QED) is 0.451. The molecule has 0 spiro atoms. The second kappa shape index (κ2) is 10.9. The number of likely N-dealkylation sites (tertiary alicyclic amines) is 1. The highest BCUT2D eigenvalue weighted by Crippen LogP contribution is 2.19. The van der Waals surface area contributed by atoms with Crippen LogP contribution in [0.1, 0.15) is 37.8 Å². The van der Waals surface area contributed by atoms with Crippen LogP contribution in [0.15, 0.2) is 29.3 Å². The highest BCUT2D eigenvalue weighted by molar-refractivity contribution is 5.80. The standard InChI is InChI=1S/C21H34N4O2/c1-5-24(6-2)16-19-10-8-7-9-18(19)15-23-21(22-3)25-13-11-17(12-14-25)20(26)27-4/h7-10,17H,5-6,11-16H2,1-4H3,(H,22,23). The summed E-state index contributed by atoms with van der Waals surface area (Å²) >= 11 is 0. The second-order valence-corrected chi connectivity index (χ2v) is 6.92. The van der Waals surface area contributed by atoms with Crippen molar-refractivity contribution in [3.8, 4) is 0 Å². The topological polar surface area (TPSA) is 57.2 Å². The van der Waals surface area contributed by atoms with Gasteiger partial charge in [0.05, 0.1) is 13.0 Å². The van der Waals surface area contributed by atoms with Gasteiger partial charge >= 0.3 is 5.97 Å². The van der Waals surface area contributed by atoms with E-state index in [-0.39, 0.29) is 11.9 Å². The third-order valence-corrected chi connectivity index (χ3v) is 5.38. The van der Waals surface area contributed by atoms with Crippen molar-refractivity contribution in [3.05, 3.63) is 35.4 Å². The summed E-state index contributed by atoms with van der Waals surface area (Å²) in [5.74, 6) is 0.818. The van der Waals surface area contributed by atoms with Crippen molar-refractivity contribution >= 4 is 11.9 Å². The molecule has 1 aromatic carbocycles. The van der Waals surface area contributed by atoms with E-state index in [0.717, 1.165) is 58.1 Å². The van der Waals surface area contributed by atoms with Crippen molar-refractivity contribution in [2.75, 3.05) is 40.3 Å². The van der Waals surface area contributed by atoms with E-state index in [0.29, 0.717) is 0 Å². The Hall–Kier alpha value is -2.08. The zero-order chi connectivity index (χ0) is 19.6. The minimum atomic E-state index is -0.0945. The van der Waals surface area contributed by atoms with Crippen molar-refractivity contribution in [2.24, 2.45) is 10.9 Å². The summed E-state index contributed by atoms with van der Waals surface area (Å²) in [5.41, 5.74) is 2.66. The fourth-order valence-corrected chi connectivity index (χ4v) is 3.57. The number of nitrogens with zero attached hydrogens (tertiary/aromatic N) is 3. The Morgan fingerprint density at radius 1 is 1.22 bits per heavy atom. The van der Waals surface area contributed by atoms with Crippen LogP contribution in [-0.4, -0.2) is 62.1 Å². The van der Waals surface area contributed by atoms with Gasteiger partial charge in [-0.1, -0.05) is 38.1 Å². The van der Waals surface area contributed by atoms with Crippen LogP contribution in [0.4, 0.5) is 0 Å². The summed E-state index contributed by atoms with van der Waals surface area (Å²) < 4.78 is 4.87. The van der Waals surface area contributed by atoms with Crippen LogP contribution in [0.5, 0.6) is 0 Å². The Kier molecular flexibility index (Phi) is 8.58. The number of methoxy groups -OCH3 is 1. The van der Waals surface area contributed by atoms with Crippen LogP contribution < -0.4 is 5.32 Å². The summed E-state index contributed by atoms with van der Waals surface area (Å²) in [6.45, 7) is 9.86. The first-order valence-electron chi connectivity index (χ1n) is 9.95. The number of carbonyl (C=O) groups excluding carboxylic acids is 1. The number of rotatable bonds is 7. The first-order chi connectivity index (χ1) is 13.1. The molecule has 0 amide bonds.